The molecule has 0 aliphatic carbocycles. The van der Waals surface area contributed by atoms with Crippen molar-refractivity contribution in [1.82, 2.24) is 9.88 Å². The van der Waals surface area contributed by atoms with Gasteiger partial charge >= 0.3 is 5.69 Å². The van der Waals surface area contributed by atoms with Crippen LogP contribution >= 0.6 is 0 Å². The van der Waals surface area contributed by atoms with Gasteiger partial charge in [-0.05, 0) is 30.7 Å². The Morgan fingerprint density at radius 2 is 2.03 bits per heavy atom. The molecule has 1 aliphatic heterocycles. The molecule has 2 aromatic carbocycles. The number of hydrogen-bond donors (Lipinski definition) is 1. The topological polar surface area (TPSA) is 99.0 Å². The summed E-state index contributed by atoms with van der Waals surface area (Å²) in [4.78, 5) is 17.8. The zero-order chi connectivity index (χ0) is 22.5. The van der Waals surface area contributed by atoms with E-state index in [1.807, 2.05) is 31.2 Å². The van der Waals surface area contributed by atoms with Crippen molar-refractivity contribution in [2.45, 2.75) is 6.92 Å². The molecule has 3 aromatic rings. The molecule has 1 N–H and O–H groups in total. The van der Waals surface area contributed by atoms with E-state index in [1.54, 1.807) is 19.2 Å². The highest BCUT2D eigenvalue weighted by atomic mass is 16.6. The molecule has 9 nitrogen and oxygen atoms in total. The Kier molecular flexibility index (Phi) is 6.67. The Hall–Kier alpha value is -3.43. The zero-order valence-corrected chi connectivity index (χ0v) is 18.2. The van der Waals surface area contributed by atoms with E-state index in [4.69, 9.17) is 14.2 Å². The molecule has 0 amide bonds. The molecule has 1 fully saturated rings. The van der Waals surface area contributed by atoms with Gasteiger partial charge in [-0.2, -0.15) is 0 Å². The van der Waals surface area contributed by atoms with Crippen LogP contribution in [0.15, 0.2) is 42.6 Å². The highest BCUT2D eigenvalue weighted by Gasteiger charge is 2.21. The lowest BCUT2D eigenvalue weighted by Gasteiger charge is -2.26. The van der Waals surface area contributed by atoms with Crippen molar-refractivity contribution in [2.75, 3.05) is 51.9 Å². The van der Waals surface area contributed by atoms with Gasteiger partial charge < -0.3 is 19.5 Å². The molecule has 168 valence electrons. The number of nitro groups is 1. The van der Waals surface area contributed by atoms with E-state index in [9.17, 15) is 10.1 Å². The third-order valence-corrected chi connectivity index (χ3v) is 5.39. The first kappa shape index (κ1) is 21.8. The Bertz CT molecular complexity index is 1110. The molecule has 0 radical (unpaired) electrons. The molecule has 0 unspecified atom stereocenters. The number of fused-ring (bicyclic) bond motifs is 1. The lowest BCUT2D eigenvalue weighted by atomic mass is 10.1. The second kappa shape index (κ2) is 9.80. The highest BCUT2D eigenvalue weighted by molar-refractivity contribution is 5.99. The molecule has 32 heavy (non-hydrogen) atoms. The minimum Gasteiger partial charge on any atom is -0.493 e. The van der Waals surface area contributed by atoms with Crippen LogP contribution in [0.1, 0.15) is 5.56 Å². The maximum Gasteiger partial charge on any atom is 0.311 e. The number of aryl methyl sites for hydroxylation is 1. The summed E-state index contributed by atoms with van der Waals surface area (Å²) < 4.78 is 16.9. The van der Waals surface area contributed by atoms with Crippen molar-refractivity contribution in [1.29, 1.82) is 0 Å². The number of ether oxygens (including phenoxy) is 3. The second-order valence-corrected chi connectivity index (χ2v) is 7.59. The Morgan fingerprint density at radius 1 is 1.22 bits per heavy atom. The quantitative estimate of drug-likeness (QED) is 0.417. The van der Waals surface area contributed by atoms with Gasteiger partial charge in [-0.3, -0.25) is 15.0 Å². The van der Waals surface area contributed by atoms with Gasteiger partial charge in [0.05, 0.1) is 30.8 Å². The summed E-state index contributed by atoms with van der Waals surface area (Å²) in [7, 11) is 1.55. The normalized spacial score (nSPS) is 14.3. The van der Waals surface area contributed by atoms with Gasteiger partial charge in [0.1, 0.15) is 18.5 Å². The van der Waals surface area contributed by atoms with E-state index in [-0.39, 0.29) is 5.69 Å². The third kappa shape index (κ3) is 4.90. The largest absolute Gasteiger partial charge is 0.493 e. The van der Waals surface area contributed by atoms with Gasteiger partial charge in [-0.15, -0.1) is 0 Å². The summed E-state index contributed by atoms with van der Waals surface area (Å²) in [6.45, 7) is 6.47. The van der Waals surface area contributed by atoms with Gasteiger partial charge in [0.25, 0.3) is 0 Å². The lowest BCUT2D eigenvalue weighted by molar-refractivity contribution is -0.384. The molecule has 2 heterocycles. The molecule has 0 saturated carbocycles. The summed E-state index contributed by atoms with van der Waals surface area (Å²) in [6, 6.07) is 11.2. The minimum atomic E-state index is -0.441. The maximum atomic E-state index is 11.7. The van der Waals surface area contributed by atoms with Crippen molar-refractivity contribution in [2.24, 2.45) is 0 Å². The van der Waals surface area contributed by atoms with Gasteiger partial charge in [0, 0.05) is 36.8 Å². The first-order chi connectivity index (χ1) is 15.5. The predicted molar refractivity (Wildman–Crippen MR) is 122 cm³/mol. The number of anilines is 2. The molecule has 1 aromatic heterocycles. The number of pyridine rings is 1. The molecule has 0 spiro atoms. The standard InChI is InChI=1S/C23H26N4O5/c1-16-4-3-5-17(12-16)25-23-18-13-21(30-2)22(14-19(18)24-15-20(23)27(28)29)32-11-8-26-6-9-31-10-7-26/h3-5,12-15H,6-11H2,1-2H3,(H,24,25). The van der Waals surface area contributed by atoms with Crippen LogP contribution in [0.2, 0.25) is 0 Å². The van der Waals surface area contributed by atoms with Crippen LogP contribution in [0.5, 0.6) is 11.5 Å². The van der Waals surface area contributed by atoms with E-state index >= 15 is 0 Å². The van der Waals surface area contributed by atoms with E-state index < -0.39 is 4.92 Å². The predicted octanol–water partition coefficient (Wildman–Crippen LogP) is 3.91. The number of morpholine rings is 1. The van der Waals surface area contributed by atoms with E-state index in [0.717, 1.165) is 44.1 Å². The van der Waals surface area contributed by atoms with Crippen LogP contribution in [0.25, 0.3) is 10.9 Å². The number of benzene rings is 2. The summed E-state index contributed by atoms with van der Waals surface area (Å²) >= 11 is 0. The number of nitrogens with zero attached hydrogens (tertiary/aromatic N) is 3. The van der Waals surface area contributed by atoms with Gasteiger partial charge in [0.2, 0.25) is 0 Å². The van der Waals surface area contributed by atoms with Crippen molar-refractivity contribution >= 4 is 28.0 Å². The van der Waals surface area contributed by atoms with Gasteiger partial charge in [-0.25, -0.2) is 4.98 Å². The minimum absolute atomic E-state index is 0.109. The van der Waals surface area contributed by atoms with Crippen molar-refractivity contribution < 1.29 is 19.1 Å². The Labute approximate surface area is 186 Å². The van der Waals surface area contributed by atoms with E-state index in [0.29, 0.717) is 34.7 Å². The summed E-state index contributed by atoms with van der Waals surface area (Å²) in [5.41, 5.74) is 2.63. The van der Waals surface area contributed by atoms with Crippen LogP contribution < -0.4 is 14.8 Å². The zero-order valence-electron chi connectivity index (χ0n) is 18.2. The smallest absolute Gasteiger partial charge is 0.311 e. The third-order valence-electron chi connectivity index (χ3n) is 5.39. The summed E-state index contributed by atoms with van der Waals surface area (Å²) in [6.07, 6.45) is 1.27. The summed E-state index contributed by atoms with van der Waals surface area (Å²) in [5.74, 6) is 1.05. The van der Waals surface area contributed by atoms with Crippen molar-refractivity contribution in [3.8, 4) is 11.5 Å². The molecule has 0 bridgehead atoms. The summed E-state index contributed by atoms with van der Waals surface area (Å²) in [5, 5.41) is 15.5. The number of methoxy groups -OCH3 is 1. The molecule has 4 rings (SSSR count). The Morgan fingerprint density at radius 3 is 2.75 bits per heavy atom. The number of hydrogen-bond acceptors (Lipinski definition) is 8. The monoisotopic (exact) mass is 438 g/mol. The first-order valence-corrected chi connectivity index (χ1v) is 10.5. The SMILES string of the molecule is COc1cc2c(Nc3cccc(C)c3)c([N+](=O)[O-])cnc2cc1OCCN1CCOCC1. The van der Waals surface area contributed by atoms with Gasteiger partial charge in [-0.1, -0.05) is 12.1 Å². The molecule has 1 aliphatic rings. The average Bonchev–Trinajstić information content (AvgIpc) is 2.79. The Balaban J connectivity index is 1.65. The van der Waals surface area contributed by atoms with Crippen LogP contribution in [-0.2, 0) is 4.74 Å². The average molecular weight is 438 g/mol. The molecule has 1 saturated heterocycles. The lowest BCUT2D eigenvalue weighted by Crippen LogP contribution is -2.38. The van der Waals surface area contributed by atoms with E-state index in [2.05, 4.69) is 15.2 Å². The fourth-order valence-electron chi connectivity index (χ4n) is 3.71. The molecule has 9 heteroatoms. The van der Waals surface area contributed by atoms with Crippen molar-refractivity contribution in [3.05, 3.63) is 58.3 Å². The molecular formula is C23H26N4O5. The van der Waals surface area contributed by atoms with Crippen LogP contribution in [0.3, 0.4) is 0 Å². The fourth-order valence-corrected chi connectivity index (χ4v) is 3.71. The van der Waals surface area contributed by atoms with Crippen LogP contribution in [0.4, 0.5) is 17.1 Å². The number of aromatic nitrogens is 1. The number of rotatable bonds is 8. The number of nitrogens with one attached hydrogen (secondary N) is 1. The second-order valence-electron chi connectivity index (χ2n) is 7.59. The van der Waals surface area contributed by atoms with Crippen molar-refractivity contribution in [3.63, 3.8) is 0 Å². The van der Waals surface area contributed by atoms with Crippen LogP contribution in [-0.4, -0.2) is 61.4 Å². The maximum absolute atomic E-state index is 11.7. The first-order valence-electron chi connectivity index (χ1n) is 10.5. The van der Waals surface area contributed by atoms with E-state index in [1.165, 1.54) is 6.20 Å². The highest BCUT2D eigenvalue weighted by Crippen LogP contribution is 2.39. The van der Waals surface area contributed by atoms with Crippen LogP contribution in [0, 0.1) is 17.0 Å². The van der Waals surface area contributed by atoms with Gasteiger partial charge in [0.15, 0.2) is 11.5 Å². The fraction of sp³-hybridized carbons (Fsp3) is 0.348. The molecule has 0 atom stereocenters. The molecular weight excluding hydrogens is 412 g/mol.